The van der Waals surface area contributed by atoms with E-state index < -0.39 is 6.10 Å². The van der Waals surface area contributed by atoms with Gasteiger partial charge in [-0.2, -0.15) is 0 Å². The van der Waals surface area contributed by atoms with Crippen molar-refractivity contribution in [3.05, 3.63) is 29.3 Å². The van der Waals surface area contributed by atoms with Gasteiger partial charge in [-0.05, 0) is 51.1 Å². The van der Waals surface area contributed by atoms with Gasteiger partial charge in [0.15, 0.2) is 0 Å². The first-order chi connectivity index (χ1) is 9.85. The summed E-state index contributed by atoms with van der Waals surface area (Å²) < 4.78 is 4.89. The summed E-state index contributed by atoms with van der Waals surface area (Å²) >= 11 is 0. The molecule has 0 aliphatic heterocycles. The smallest absolute Gasteiger partial charge is 0.241 e. The number of aliphatic hydroxyl groups is 1. The molecule has 0 fully saturated rings. The minimum absolute atomic E-state index is 0.0923. The highest BCUT2D eigenvalue weighted by Crippen LogP contribution is 2.14. The molecule has 1 aromatic carbocycles. The van der Waals surface area contributed by atoms with E-state index in [2.05, 4.69) is 5.32 Å². The molecule has 0 spiro atoms. The van der Waals surface area contributed by atoms with Crippen LogP contribution >= 0.6 is 0 Å². The number of nitrogens with one attached hydrogen (secondary N) is 1. The molecule has 21 heavy (non-hydrogen) atoms. The van der Waals surface area contributed by atoms with Crippen LogP contribution in [0.25, 0.3) is 0 Å². The molecule has 0 aliphatic carbocycles. The molecule has 0 radical (unpaired) electrons. The third-order valence-electron chi connectivity index (χ3n) is 3.67. The van der Waals surface area contributed by atoms with Crippen molar-refractivity contribution < 1.29 is 14.6 Å². The van der Waals surface area contributed by atoms with Gasteiger partial charge in [-0.15, -0.1) is 0 Å². The topological polar surface area (TPSA) is 61.8 Å². The zero-order chi connectivity index (χ0) is 16.0. The van der Waals surface area contributed by atoms with E-state index in [0.29, 0.717) is 6.54 Å². The fourth-order valence-electron chi connectivity index (χ4n) is 2.00. The lowest BCUT2D eigenvalue weighted by Gasteiger charge is -2.26. The predicted octanol–water partition coefficient (Wildman–Crippen LogP) is 1.57. The molecule has 2 atom stereocenters. The molecule has 0 saturated carbocycles. The van der Waals surface area contributed by atoms with E-state index >= 15 is 0 Å². The lowest BCUT2D eigenvalue weighted by molar-refractivity contribution is -0.120. The van der Waals surface area contributed by atoms with Gasteiger partial charge in [0.2, 0.25) is 5.91 Å². The summed E-state index contributed by atoms with van der Waals surface area (Å²) in [5.74, 6) is -0.0923. The predicted molar refractivity (Wildman–Crippen MR) is 84.5 cm³/mol. The molecule has 0 saturated heterocycles. The number of anilines is 1. The summed E-state index contributed by atoms with van der Waals surface area (Å²) in [6, 6.07) is 5.51. The number of amides is 1. The molecule has 1 rings (SSSR count). The second kappa shape index (κ2) is 8.12. The summed E-state index contributed by atoms with van der Waals surface area (Å²) in [6.45, 7) is 6.51. The molecule has 0 unspecified atom stereocenters. The molecule has 118 valence electrons. The number of aryl methyl sites for hydroxylation is 2. The van der Waals surface area contributed by atoms with Gasteiger partial charge in [0.05, 0.1) is 18.8 Å². The summed E-state index contributed by atoms with van der Waals surface area (Å²) in [7, 11) is 3.35. The van der Waals surface area contributed by atoms with E-state index in [1.807, 2.05) is 46.0 Å². The lowest BCUT2D eigenvalue weighted by atomic mass is 10.1. The Morgan fingerprint density at radius 2 is 2.05 bits per heavy atom. The van der Waals surface area contributed by atoms with E-state index in [1.54, 1.807) is 12.0 Å². The number of likely N-dealkylation sites (N-methyl/N-ethyl adjacent to an activating group) is 1. The van der Waals surface area contributed by atoms with E-state index in [1.165, 1.54) is 5.56 Å². The largest absolute Gasteiger partial charge is 0.389 e. The number of carbonyl (C=O) groups is 1. The number of aliphatic hydroxyl groups excluding tert-OH is 1. The summed E-state index contributed by atoms with van der Waals surface area (Å²) in [6.07, 6.45) is -0.600. The Bertz CT molecular complexity index is 477. The maximum atomic E-state index is 12.2. The van der Waals surface area contributed by atoms with Gasteiger partial charge < -0.3 is 15.2 Å². The van der Waals surface area contributed by atoms with Crippen LogP contribution in [0, 0.1) is 13.8 Å². The molecule has 0 heterocycles. The van der Waals surface area contributed by atoms with Crippen LogP contribution in [-0.2, 0) is 9.53 Å². The quantitative estimate of drug-likeness (QED) is 0.801. The fourth-order valence-corrected chi connectivity index (χ4v) is 2.00. The molecule has 1 amide bonds. The summed E-state index contributed by atoms with van der Waals surface area (Å²) in [5, 5.41) is 12.6. The van der Waals surface area contributed by atoms with E-state index in [4.69, 9.17) is 4.74 Å². The molecule has 5 nitrogen and oxygen atoms in total. The van der Waals surface area contributed by atoms with Gasteiger partial charge in [0, 0.05) is 19.3 Å². The zero-order valence-electron chi connectivity index (χ0n) is 13.5. The SMILES string of the molecule is COC[C@@H](O)CN(C)[C@H](C)C(=O)Nc1ccc(C)c(C)c1. The molecule has 2 N–H and O–H groups in total. The Morgan fingerprint density at radius 3 is 2.62 bits per heavy atom. The van der Waals surface area contributed by atoms with Crippen molar-refractivity contribution in [3.8, 4) is 0 Å². The Hall–Kier alpha value is -1.43. The maximum absolute atomic E-state index is 12.2. The fraction of sp³-hybridized carbons (Fsp3) is 0.562. The molecule has 0 aromatic heterocycles. The Morgan fingerprint density at radius 1 is 1.38 bits per heavy atom. The second-order valence-corrected chi connectivity index (χ2v) is 5.51. The normalized spacial score (nSPS) is 14.0. The van der Waals surface area contributed by atoms with Crippen LogP contribution in [0.1, 0.15) is 18.1 Å². The summed E-state index contributed by atoms with van der Waals surface area (Å²) in [4.78, 5) is 14.0. The van der Waals surface area contributed by atoms with Gasteiger partial charge in [-0.25, -0.2) is 0 Å². The van der Waals surface area contributed by atoms with Crippen LogP contribution in [-0.4, -0.2) is 55.4 Å². The Balaban J connectivity index is 2.59. The van der Waals surface area contributed by atoms with E-state index in [0.717, 1.165) is 11.3 Å². The van der Waals surface area contributed by atoms with Crippen LogP contribution in [0.15, 0.2) is 18.2 Å². The number of benzene rings is 1. The van der Waals surface area contributed by atoms with Crippen molar-refractivity contribution in [2.24, 2.45) is 0 Å². The van der Waals surface area contributed by atoms with Crippen molar-refractivity contribution >= 4 is 11.6 Å². The van der Waals surface area contributed by atoms with Crippen molar-refractivity contribution in [2.45, 2.75) is 32.9 Å². The number of nitrogens with zero attached hydrogens (tertiary/aromatic N) is 1. The first kappa shape index (κ1) is 17.6. The number of ether oxygens (including phenoxy) is 1. The maximum Gasteiger partial charge on any atom is 0.241 e. The lowest BCUT2D eigenvalue weighted by Crippen LogP contribution is -2.44. The Labute approximate surface area is 126 Å². The minimum atomic E-state index is -0.600. The number of carbonyl (C=O) groups excluding carboxylic acids is 1. The van der Waals surface area contributed by atoms with Crippen LogP contribution in [0.3, 0.4) is 0 Å². The summed E-state index contributed by atoms with van der Waals surface area (Å²) in [5.41, 5.74) is 3.13. The molecular formula is C16H26N2O3. The van der Waals surface area contributed by atoms with Crippen molar-refractivity contribution in [1.82, 2.24) is 4.90 Å². The highest BCUT2D eigenvalue weighted by atomic mass is 16.5. The highest BCUT2D eigenvalue weighted by molar-refractivity contribution is 5.94. The number of methoxy groups -OCH3 is 1. The van der Waals surface area contributed by atoms with E-state index in [-0.39, 0.29) is 18.6 Å². The third kappa shape index (κ3) is 5.46. The van der Waals surface area contributed by atoms with E-state index in [9.17, 15) is 9.90 Å². The van der Waals surface area contributed by atoms with Gasteiger partial charge in [0.1, 0.15) is 0 Å². The minimum Gasteiger partial charge on any atom is -0.389 e. The molecular weight excluding hydrogens is 268 g/mol. The van der Waals surface area contributed by atoms with Gasteiger partial charge in [-0.3, -0.25) is 9.69 Å². The second-order valence-electron chi connectivity index (χ2n) is 5.51. The first-order valence-electron chi connectivity index (χ1n) is 7.10. The van der Waals surface area contributed by atoms with Crippen molar-refractivity contribution in [3.63, 3.8) is 0 Å². The average Bonchev–Trinajstić information content (AvgIpc) is 2.42. The number of hydrogen-bond donors (Lipinski definition) is 2. The molecule has 0 bridgehead atoms. The molecule has 1 aromatic rings. The third-order valence-corrected chi connectivity index (χ3v) is 3.67. The van der Waals surface area contributed by atoms with Crippen LogP contribution in [0.2, 0.25) is 0 Å². The number of rotatable bonds is 7. The monoisotopic (exact) mass is 294 g/mol. The first-order valence-corrected chi connectivity index (χ1v) is 7.10. The van der Waals surface area contributed by atoms with Crippen LogP contribution < -0.4 is 5.32 Å². The highest BCUT2D eigenvalue weighted by Gasteiger charge is 2.20. The van der Waals surface area contributed by atoms with Gasteiger partial charge in [-0.1, -0.05) is 6.07 Å². The van der Waals surface area contributed by atoms with Gasteiger partial charge >= 0.3 is 0 Å². The Kier molecular flexibility index (Phi) is 6.81. The molecule has 0 aliphatic rings. The van der Waals surface area contributed by atoms with Gasteiger partial charge in [0.25, 0.3) is 0 Å². The van der Waals surface area contributed by atoms with Crippen LogP contribution in [0.4, 0.5) is 5.69 Å². The molecule has 5 heteroatoms. The average molecular weight is 294 g/mol. The zero-order valence-corrected chi connectivity index (χ0v) is 13.5. The van der Waals surface area contributed by atoms with Crippen molar-refractivity contribution in [1.29, 1.82) is 0 Å². The number of hydrogen-bond acceptors (Lipinski definition) is 4. The van der Waals surface area contributed by atoms with Crippen LogP contribution in [0.5, 0.6) is 0 Å². The standard InChI is InChI=1S/C16H26N2O3/c1-11-6-7-14(8-12(11)2)17-16(20)13(3)18(4)9-15(19)10-21-5/h6-8,13,15,19H,9-10H2,1-5H3,(H,17,20)/t13-,15+/m1/s1. The van der Waals surface area contributed by atoms with Crippen molar-refractivity contribution in [2.75, 3.05) is 32.6 Å².